The first-order valence-corrected chi connectivity index (χ1v) is 10.1. The van der Waals surface area contributed by atoms with Crippen LogP contribution in [0.4, 0.5) is 8.78 Å². The van der Waals surface area contributed by atoms with Crippen LogP contribution < -0.4 is 11.2 Å². The standard InChI is InChI=1S/C12H14ClF2N2O6PS/c1-5(2)22-24(25)20-4-7-8(23-24)12(13,15)10(21-7)17-3-6(14)9(18)16-11(17)19/h3,5,7-8,10H,4H2,1-2H3,(H,16,18,19)/t7-,8-,10-,12+,24?/m1/s1. The molecule has 13 heteroatoms. The quantitative estimate of drug-likeness (QED) is 0.588. The van der Waals surface area contributed by atoms with E-state index in [-0.39, 0.29) is 12.7 Å². The van der Waals surface area contributed by atoms with Gasteiger partial charge in [0, 0.05) is 0 Å². The molecule has 1 aromatic rings. The van der Waals surface area contributed by atoms with Gasteiger partial charge in [0.1, 0.15) is 12.2 Å². The summed E-state index contributed by atoms with van der Waals surface area (Å²) in [5.41, 5.74) is -2.33. The number of aromatic nitrogens is 2. The number of hydrogen-bond donors (Lipinski definition) is 1. The van der Waals surface area contributed by atoms with Gasteiger partial charge in [0.05, 0.1) is 18.9 Å². The number of nitrogens with zero attached hydrogens (tertiary/aromatic N) is 1. The number of rotatable bonds is 3. The molecule has 3 rings (SSSR count). The highest BCUT2D eigenvalue weighted by Gasteiger charge is 2.62. The summed E-state index contributed by atoms with van der Waals surface area (Å²) < 4.78 is 50.8. The van der Waals surface area contributed by atoms with Crippen molar-refractivity contribution in [2.75, 3.05) is 6.61 Å². The Balaban J connectivity index is 1.94. The predicted octanol–water partition coefficient (Wildman–Crippen LogP) is 1.54. The maximum atomic E-state index is 15.2. The lowest BCUT2D eigenvalue weighted by atomic mass is 10.1. The lowest BCUT2D eigenvalue weighted by Crippen LogP contribution is -2.45. The smallest absolute Gasteiger partial charge is 0.330 e. The monoisotopic (exact) mass is 418 g/mol. The van der Waals surface area contributed by atoms with Crippen LogP contribution >= 0.6 is 18.3 Å². The normalized spacial score (nSPS) is 38.1. The molecule has 1 aromatic heterocycles. The number of ether oxygens (including phenoxy) is 1. The molecule has 140 valence electrons. The van der Waals surface area contributed by atoms with Gasteiger partial charge < -0.3 is 13.8 Å². The Hall–Kier alpha value is -0.680. The molecule has 2 fully saturated rings. The second kappa shape index (κ2) is 6.49. The van der Waals surface area contributed by atoms with Gasteiger partial charge in [-0.05, 0) is 25.7 Å². The number of hydrogen-bond acceptors (Lipinski definition) is 7. The number of alkyl halides is 2. The third-order valence-electron chi connectivity index (χ3n) is 3.51. The van der Waals surface area contributed by atoms with Gasteiger partial charge in [0.15, 0.2) is 6.23 Å². The lowest BCUT2D eigenvalue weighted by molar-refractivity contribution is -0.0659. The van der Waals surface area contributed by atoms with E-state index in [1.54, 1.807) is 18.8 Å². The van der Waals surface area contributed by atoms with Crippen molar-refractivity contribution in [2.45, 2.75) is 43.5 Å². The summed E-state index contributed by atoms with van der Waals surface area (Å²) in [6.45, 7) is -0.0312. The Labute approximate surface area is 150 Å². The summed E-state index contributed by atoms with van der Waals surface area (Å²) in [5.74, 6) is -1.30. The van der Waals surface area contributed by atoms with Crippen molar-refractivity contribution in [3.05, 3.63) is 32.9 Å². The molecule has 0 bridgehead atoms. The topological polar surface area (TPSA) is 91.8 Å². The summed E-state index contributed by atoms with van der Waals surface area (Å²) in [6.07, 6.45) is -3.98. The van der Waals surface area contributed by atoms with Crippen LogP contribution in [0.1, 0.15) is 20.1 Å². The largest absolute Gasteiger partial charge is 0.344 e. The zero-order valence-electron chi connectivity index (χ0n) is 13.0. The first-order valence-electron chi connectivity index (χ1n) is 7.19. The van der Waals surface area contributed by atoms with Gasteiger partial charge in [0.2, 0.25) is 5.82 Å². The van der Waals surface area contributed by atoms with Gasteiger partial charge in [-0.25, -0.2) is 9.18 Å². The van der Waals surface area contributed by atoms with E-state index in [2.05, 4.69) is 0 Å². The number of H-pyrrole nitrogens is 1. The van der Waals surface area contributed by atoms with Crippen molar-refractivity contribution < 1.29 is 27.1 Å². The molecule has 2 aliphatic heterocycles. The fourth-order valence-corrected chi connectivity index (χ4v) is 5.48. The number of halogens is 3. The van der Waals surface area contributed by atoms with Crippen LogP contribution in [-0.4, -0.2) is 39.6 Å². The van der Waals surface area contributed by atoms with Crippen molar-refractivity contribution in [1.29, 1.82) is 0 Å². The molecule has 3 heterocycles. The first kappa shape index (κ1) is 19.1. The van der Waals surface area contributed by atoms with E-state index < -0.39 is 47.3 Å². The fourth-order valence-electron chi connectivity index (χ4n) is 2.51. The van der Waals surface area contributed by atoms with Crippen molar-refractivity contribution in [2.24, 2.45) is 0 Å². The summed E-state index contributed by atoms with van der Waals surface area (Å²) in [7, 11) is 0. The summed E-state index contributed by atoms with van der Waals surface area (Å²) >= 11 is 11.1. The molecule has 1 N–H and O–H groups in total. The Morgan fingerprint density at radius 2 is 2.24 bits per heavy atom. The molecule has 0 aliphatic carbocycles. The Bertz CT molecular complexity index is 846. The summed E-state index contributed by atoms with van der Waals surface area (Å²) in [6, 6.07) is 0. The minimum absolute atomic E-state index is 0.176. The van der Waals surface area contributed by atoms with Gasteiger partial charge in [-0.2, -0.15) is 4.39 Å². The molecule has 0 spiro atoms. The van der Waals surface area contributed by atoms with Crippen molar-refractivity contribution in [1.82, 2.24) is 9.55 Å². The van der Waals surface area contributed by atoms with Crippen LogP contribution in [0.2, 0.25) is 0 Å². The molecule has 8 nitrogen and oxygen atoms in total. The average Bonchev–Trinajstić information content (AvgIpc) is 2.73. The zero-order chi connectivity index (χ0) is 18.6. The summed E-state index contributed by atoms with van der Waals surface area (Å²) in [5, 5.41) is -2.77. The summed E-state index contributed by atoms with van der Waals surface area (Å²) in [4.78, 5) is 24.7. The SMILES string of the molecule is CC(C)OP1(=S)OC[C@H]2O[C@@H](n3cc(F)c(=O)[nH]c3=O)[C@](F)(Cl)[C@@H]2O1. The van der Waals surface area contributed by atoms with Gasteiger partial charge in [-0.1, -0.05) is 11.6 Å². The molecule has 5 atom stereocenters. The fraction of sp³-hybridized carbons (Fsp3) is 0.667. The van der Waals surface area contributed by atoms with Crippen molar-refractivity contribution in [3.8, 4) is 0 Å². The van der Waals surface area contributed by atoms with E-state index in [1.807, 2.05) is 0 Å². The van der Waals surface area contributed by atoms with Gasteiger partial charge >= 0.3 is 12.4 Å². The van der Waals surface area contributed by atoms with Crippen LogP contribution in [0.5, 0.6) is 0 Å². The van der Waals surface area contributed by atoms with E-state index in [0.29, 0.717) is 10.8 Å². The van der Waals surface area contributed by atoms with Crippen molar-refractivity contribution >= 4 is 30.1 Å². The molecule has 2 saturated heterocycles. The Kier molecular flexibility index (Phi) is 4.95. The number of nitrogens with one attached hydrogen (secondary N) is 1. The Morgan fingerprint density at radius 1 is 1.56 bits per heavy atom. The predicted molar refractivity (Wildman–Crippen MR) is 86.2 cm³/mol. The average molecular weight is 419 g/mol. The molecule has 0 amide bonds. The van der Waals surface area contributed by atoms with Crippen molar-refractivity contribution in [3.63, 3.8) is 0 Å². The number of aromatic amines is 1. The zero-order valence-corrected chi connectivity index (χ0v) is 15.4. The van der Waals surface area contributed by atoms with Gasteiger partial charge in [-0.15, -0.1) is 0 Å². The molecular formula is C12H14ClF2N2O6PS. The molecule has 0 aromatic carbocycles. The maximum Gasteiger partial charge on any atom is 0.330 e. The number of fused-ring (bicyclic) bond motifs is 1. The van der Waals surface area contributed by atoms with Crippen LogP contribution in [0.15, 0.2) is 15.8 Å². The van der Waals surface area contributed by atoms with E-state index in [1.165, 1.54) is 0 Å². The van der Waals surface area contributed by atoms with E-state index in [0.717, 1.165) is 0 Å². The minimum atomic E-state index is -3.26. The van der Waals surface area contributed by atoms with Crippen LogP contribution in [0, 0.1) is 5.82 Å². The van der Waals surface area contributed by atoms with E-state index in [4.69, 9.17) is 41.7 Å². The van der Waals surface area contributed by atoms with Crippen LogP contribution in [0.3, 0.4) is 0 Å². The molecular weight excluding hydrogens is 405 g/mol. The van der Waals surface area contributed by atoms with Crippen LogP contribution in [-0.2, 0) is 30.1 Å². The maximum absolute atomic E-state index is 15.2. The van der Waals surface area contributed by atoms with E-state index >= 15 is 4.39 Å². The third kappa shape index (κ3) is 3.46. The second-order valence-corrected chi connectivity index (χ2v) is 9.26. The Morgan fingerprint density at radius 3 is 2.88 bits per heavy atom. The molecule has 2 aliphatic rings. The molecule has 1 unspecified atom stereocenters. The van der Waals surface area contributed by atoms with E-state index in [9.17, 15) is 14.0 Å². The third-order valence-corrected chi connectivity index (χ3v) is 6.37. The molecule has 0 radical (unpaired) electrons. The molecule has 25 heavy (non-hydrogen) atoms. The highest BCUT2D eigenvalue weighted by molar-refractivity contribution is 8.07. The highest BCUT2D eigenvalue weighted by atomic mass is 35.5. The molecule has 0 saturated carbocycles. The van der Waals surface area contributed by atoms with Gasteiger partial charge in [0.25, 0.3) is 10.7 Å². The second-order valence-electron chi connectivity index (χ2n) is 5.77. The first-order chi connectivity index (χ1) is 11.5. The van der Waals surface area contributed by atoms with Gasteiger partial charge in [-0.3, -0.25) is 18.9 Å². The van der Waals surface area contributed by atoms with Crippen LogP contribution in [0.25, 0.3) is 0 Å². The highest BCUT2D eigenvalue weighted by Crippen LogP contribution is 2.61. The lowest BCUT2D eigenvalue weighted by Gasteiger charge is -2.35. The minimum Gasteiger partial charge on any atom is -0.344 e.